The van der Waals surface area contributed by atoms with E-state index in [9.17, 15) is 10.1 Å². The molecular weight excluding hydrogens is 274 g/mol. The minimum atomic E-state index is -0.500. The maximum Gasteiger partial charge on any atom is 0.329 e. The summed E-state index contributed by atoms with van der Waals surface area (Å²) in [5.41, 5.74) is -0.141. The number of hydrogen-bond acceptors (Lipinski definition) is 7. The van der Waals surface area contributed by atoms with Gasteiger partial charge in [0.1, 0.15) is 6.20 Å². The molecule has 0 aliphatic rings. The Balaban J connectivity index is 2.04. The maximum atomic E-state index is 11.0. The predicted octanol–water partition coefficient (Wildman–Crippen LogP) is 1.52. The first kappa shape index (κ1) is 14.7. The summed E-state index contributed by atoms with van der Waals surface area (Å²) in [6.45, 7) is 3.80. The Hall–Kier alpha value is -2.71. The molecule has 0 amide bonds. The second-order valence-electron chi connectivity index (χ2n) is 4.31. The summed E-state index contributed by atoms with van der Waals surface area (Å²) in [6, 6.07) is 1.82. The molecule has 2 aromatic heterocycles. The van der Waals surface area contributed by atoms with Gasteiger partial charge in [0.15, 0.2) is 0 Å². The second-order valence-corrected chi connectivity index (χ2v) is 4.31. The highest BCUT2D eigenvalue weighted by Gasteiger charge is 2.16. The van der Waals surface area contributed by atoms with Crippen LogP contribution in [-0.2, 0) is 6.54 Å². The molecule has 0 bridgehead atoms. The minimum absolute atomic E-state index is 0.141. The number of aromatic nitrogens is 4. The number of nitrogens with zero attached hydrogens (tertiary/aromatic N) is 5. The Bertz CT molecular complexity index is 585. The Labute approximate surface area is 121 Å². The van der Waals surface area contributed by atoms with Crippen LogP contribution in [0, 0.1) is 10.1 Å². The molecule has 9 nitrogen and oxygen atoms in total. The largest absolute Gasteiger partial charge is 0.362 e. The zero-order chi connectivity index (χ0) is 15.1. The van der Waals surface area contributed by atoms with E-state index in [1.165, 1.54) is 6.20 Å². The summed E-state index contributed by atoms with van der Waals surface area (Å²) in [7, 11) is 0. The van der Waals surface area contributed by atoms with E-state index in [2.05, 4.69) is 25.7 Å². The van der Waals surface area contributed by atoms with Crippen LogP contribution < -0.4 is 10.6 Å². The first-order valence-corrected chi connectivity index (χ1v) is 6.67. The van der Waals surface area contributed by atoms with Crippen LogP contribution in [-0.4, -0.2) is 37.8 Å². The van der Waals surface area contributed by atoms with E-state index in [1.54, 1.807) is 10.9 Å². The normalized spacial score (nSPS) is 10.3. The van der Waals surface area contributed by atoms with Gasteiger partial charge in [-0.15, -0.1) is 0 Å². The van der Waals surface area contributed by atoms with Gasteiger partial charge < -0.3 is 10.6 Å². The first-order chi connectivity index (χ1) is 10.2. The van der Waals surface area contributed by atoms with E-state index in [0.717, 1.165) is 6.42 Å². The van der Waals surface area contributed by atoms with E-state index in [4.69, 9.17) is 0 Å². The smallest absolute Gasteiger partial charge is 0.329 e. The fourth-order valence-corrected chi connectivity index (χ4v) is 1.68. The van der Waals surface area contributed by atoms with Crippen LogP contribution in [0.15, 0.2) is 24.7 Å². The number of rotatable bonds is 8. The van der Waals surface area contributed by atoms with Gasteiger partial charge in [0.05, 0.1) is 11.5 Å². The van der Waals surface area contributed by atoms with Gasteiger partial charge in [0.25, 0.3) is 0 Å². The molecule has 0 saturated heterocycles. The van der Waals surface area contributed by atoms with Crippen molar-refractivity contribution in [1.29, 1.82) is 0 Å². The van der Waals surface area contributed by atoms with Gasteiger partial charge in [-0.05, 0) is 12.5 Å². The van der Waals surface area contributed by atoms with Gasteiger partial charge >= 0.3 is 5.69 Å². The summed E-state index contributed by atoms with van der Waals surface area (Å²) < 4.78 is 1.73. The molecule has 0 radical (unpaired) electrons. The summed E-state index contributed by atoms with van der Waals surface area (Å²) in [5.74, 6) is 0.588. The van der Waals surface area contributed by atoms with E-state index in [-0.39, 0.29) is 11.5 Å². The monoisotopic (exact) mass is 291 g/mol. The van der Waals surface area contributed by atoms with Crippen LogP contribution in [0.1, 0.15) is 13.3 Å². The van der Waals surface area contributed by atoms with Gasteiger partial charge in [-0.1, -0.05) is 6.92 Å². The topological polar surface area (TPSA) is 111 Å². The fraction of sp³-hybridized carbons (Fsp3) is 0.417. The van der Waals surface area contributed by atoms with Crippen molar-refractivity contribution in [2.45, 2.75) is 19.9 Å². The van der Waals surface area contributed by atoms with Crippen molar-refractivity contribution in [3.05, 3.63) is 34.8 Å². The molecule has 2 N–H and O–H groups in total. The molecule has 2 rings (SSSR count). The number of anilines is 2. The lowest BCUT2D eigenvalue weighted by Crippen LogP contribution is -2.14. The van der Waals surface area contributed by atoms with E-state index in [0.29, 0.717) is 25.6 Å². The molecule has 0 aliphatic carbocycles. The zero-order valence-corrected chi connectivity index (χ0v) is 11.7. The Morgan fingerprint density at radius 1 is 1.38 bits per heavy atom. The lowest BCUT2D eigenvalue weighted by molar-refractivity contribution is -0.384. The van der Waals surface area contributed by atoms with Crippen molar-refractivity contribution in [2.75, 3.05) is 23.7 Å². The minimum Gasteiger partial charge on any atom is -0.362 e. The summed E-state index contributed by atoms with van der Waals surface area (Å²) >= 11 is 0. The van der Waals surface area contributed by atoms with Crippen LogP contribution >= 0.6 is 0 Å². The van der Waals surface area contributed by atoms with Gasteiger partial charge in [-0.25, -0.2) is 4.98 Å². The fourth-order valence-electron chi connectivity index (χ4n) is 1.68. The summed E-state index contributed by atoms with van der Waals surface area (Å²) in [4.78, 5) is 18.6. The van der Waals surface area contributed by atoms with Crippen molar-refractivity contribution in [3.8, 4) is 0 Å². The zero-order valence-electron chi connectivity index (χ0n) is 11.7. The van der Waals surface area contributed by atoms with E-state index < -0.39 is 4.92 Å². The summed E-state index contributed by atoms with van der Waals surface area (Å²) in [6.07, 6.45) is 5.63. The lowest BCUT2D eigenvalue weighted by atomic mass is 10.4. The van der Waals surface area contributed by atoms with Crippen LogP contribution in [0.25, 0.3) is 0 Å². The van der Waals surface area contributed by atoms with Gasteiger partial charge in [-0.3, -0.25) is 14.8 Å². The van der Waals surface area contributed by atoms with Crippen LogP contribution in [0.5, 0.6) is 0 Å². The highest BCUT2D eigenvalue weighted by atomic mass is 16.6. The van der Waals surface area contributed by atoms with Crippen molar-refractivity contribution >= 4 is 17.5 Å². The maximum absolute atomic E-state index is 11.0. The molecular formula is C12H17N7O2. The average Bonchev–Trinajstić information content (AvgIpc) is 2.98. The number of nitrogens with one attached hydrogen (secondary N) is 2. The molecule has 112 valence electrons. The molecule has 0 spiro atoms. The third-order valence-corrected chi connectivity index (χ3v) is 2.69. The first-order valence-electron chi connectivity index (χ1n) is 6.67. The van der Waals surface area contributed by atoms with E-state index >= 15 is 0 Å². The third kappa shape index (κ3) is 4.13. The molecule has 9 heteroatoms. The number of hydrogen-bond donors (Lipinski definition) is 2. The highest BCUT2D eigenvalue weighted by Crippen LogP contribution is 2.21. The van der Waals surface area contributed by atoms with Gasteiger partial charge in [0.2, 0.25) is 11.8 Å². The van der Waals surface area contributed by atoms with Crippen LogP contribution in [0.3, 0.4) is 0 Å². The molecule has 0 aromatic carbocycles. The Kier molecular flexibility index (Phi) is 5.02. The molecule has 0 atom stereocenters. The SMILES string of the molecule is CCCNc1ncc([N+](=O)[O-])c(NCCn2cccn2)n1. The molecule has 0 unspecified atom stereocenters. The summed E-state index contributed by atoms with van der Waals surface area (Å²) in [5, 5.41) is 21.0. The molecule has 2 aromatic rings. The molecule has 0 aliphatic heterocycles. The van der Waals surface area contributed by atoms with Crippen LogP contribution in [0.4, 0.5) is 17.5 Å². The molecule has 2 heterocycles. The highest BCUT2D eigenvalue weighted by molar-refractivity contribution is 5.56. The van der Waals surface area contributed by atoms with Crippen molar-refractivity contribution in [1.82, 2.24) is 19.7 Å². The molecule has 0 fully saturated rings. The quantitative estimate of drug-likeness (QED) is 0.560. The average molecular weight is 291 g/mol. The Morgan fingerprint density at radius 2 is 2.24 bits per heavy atom. The predicted molar refractivity (Wildman–Crippen MR) is 78.2 cm³/mol. The standard InChI is InChI=1S/C12H17N7O2/c1-2-4-14-12-15-9-10(19(20)21)11(17-12)13-6-8-18-7-3-5-16-18/h3,5,7,9H,2,4,6,8H2,1H3,(H2,13,14,15,17). The third-order valence-electron chi connectivity index (χ3n) is 2.69. The number of nitro groups is 1. The van der Waals surface area contributed by atoms with Gasteiger partial charge in [-0.2, -0.15) is 10.1 Å². The molecule has 21 heavy (non-hydrogen) atoms. The van der Waals surface area contributed by atoms with Crippen LogP contribution in [0.2, 0.25) is 0 Å². The van der Waals surface area contributed by atoms with Gasteiger partial charge in [0, 0.05) is 25.5 Å². The molecule has 0 saturated carbocycles. The lowest BCUT2D eigenvalue weighted by Gasteiger charge is -2.08. The second kappa shape index (κ2) is 7.17. The van der Waals surface area contributed by atoms with Crippen molar-refractivity contribution in [3.63, 3.8) is 0 Å². The van der Waals surface area contributed by atoms with Crippen molar-refractivity contribution < 1.29 is 4.92 Å². The Morgan fingerprint density at radius 3 is 2.90 bits per heavy atom. The van der Waals surface area contributed by atoms with Crippen molar-refractivity contribution in [2.24, 2.45) is 0 Å². The van der Waals surface area contributed by atoms with E-state index in [1.807, 2.05) is 19.2 Å².